The highest BCUT2D eigenvalue weighted by molar-refractivity contribution is 6.24. The molecule has 0 aliphatic heterocycles. The number of carbonyl (C=O) groups excluding carboxylic acids is 1. The standard InChI is InChI=1S/C17H14F3NO2/c1-11-6-5-7-13(10-11)12(2)16(22)21-14-8-3-4-9-15(14)23-17(18,19)20/h3-10H,2H2,1H3,(H,21,22). The summed E-state index contributed by atoms with van der Waals surface area (Å²) in [7, 11) is 0. The molecule has 0 radical (unpaired) electrons. The second kappa shape index (κ2) is 6.56. The van der Waals surface area contributed by atoms with E-state index in [0.717, 1.165) is 11.6 Å². The summed E-state index contributed by atoms with van der Waals surface area (Å²) in [5.41, 5.74) is 1.60. The molecule has 1 amide bonds. The minimum atomic E-state index is -4.84. The van der Waals surface area contributed by atoms with Gasteiger partial charge in [0.25, 0.3) is 5.91 Å². The van der Waals surface area contributed by atoms with Crippen molar-refractivity contribution in [2.24, 2.45) is 0 Å². The second-order valence-corrected chi connectivity index (χ2v) is 4.85. The Bertz CT molecular complexity index is 739. The first-order valence-corrected chi connectivity index (χ1v) is 6.68. The molecule has 0 unspecified atom stereocenters. The Morgan fingerprint density at radius 3 is 2.48 bits per heavy atom. The zero-order valence-corrected chi connectivity index (χ0v) is 12.3. The van der Waals surface area contributed by atoms with E-state index in [9.17, 15) is 18.0 Å². The number of anilines is 1. The number of aryl methyl sites for hydroxylation is 1. The highest BCUT2D eigenvalue weighted by Crippen LogP contribution is 2.30. The van der Waals surface area contributed by atoms with Crippen molar-refractivity contribution >= 4 is 17.2 Å². The molecule has 0 aromatic heterocycles. The second-order valence-electron chi connectivity index (χ2n) is 4.85. The van der Waals surface area contributed by atoms with Gasteiger partial charge in [0.15, 0.2) is 5.75 Å². The van der Waals surface area contributed by atoms with Crippen LogP contribution in [0.3, 0.4) is 0 Å². The fourth-order valence-corrected chi connectivity index (χ4v) is 1.95. The predicted molar refractivity (Wildman–Crippen MR) is 82.0 cm³/mol. The lowest BCUT2D eigenvalue weighted by molar-refractivity contribution is -0.274. The smallest absolute Gasteiger partial charge is 0.404 e. The van der Waals surface area contributed by atoms with Crippen molar-refractivity contribution in [1.82, 2.24) is 0 Å². The SMILES string of the molecule is C=C(C(=O)Nc1ccccc1OC(F)(F)F)c1cccc(C)c1. The Kier molecular flexibility index (Phi) is 4.74. The van der Waals surface area contributed by atoms with Crippen LogP contribution in [0.5, 0.6) is 5.75 Å². The van der Waals surface area contributed by atoms with Crippen LogP contribution in [-0.4, -0.2) is 12.3 Å². The van der Waals surface area contributed by atoms with Crippen LogP contribution in [0.25, 0.3) is 5.57 Å². The Balaban J connectivity index is 2.19. The van der Waals surface area contributed by atoms with Crippen molar-refractivity contribution < 1.29 is 22.7 Å². The minimum absolute atomic E-state index is 0.0800. The first-order valence-electron chi connectivity index (χ1n) is 6.68. The normalized spacial score (nSPS) is 11.0. The van der Waals surface area contributed by atoms with E-state index < -0.39 is 18.0 Å². The number of benzene rings is 2. The number of hydrogen-bond donors (Lipinski definition) is 1. The maximum atomic E-state index is 12.4. The molecule has 0 heterocycles. The fourth-order valence-electron chi connectivity index (χ4n) is 1.95. The van der Waals surface area contributed by atoms with Crippen molar-refractivity contribution in [2.45, 2.75) is 13.3 Å². The molecular weight excluding hydrogens is 307 g/mol. The molecular formula is C17H14F3NO2. The molecule has 0 spiro atoms. The van der Waals surface area contributed by atoms with Gasteiger partial charge in [0.1, 0.15) is 0 Å². The van der Waals surface area contributed by atoms with Crippen LogP contribution >= 0.6 is 0 Å². The molecule has 1 N–H and O–H groups in total. The molecule has 2 aromatic rings. The summed E-state index contributed by atoms with van der Waals surface area (Å²) in [6, 6.07) is 12.4. The predicted octanol–water partition coefficient (Wildman–Crippen LogP) is 4.55. The maximum absolute atomic E-state index is 12.4. The lowest BCUT2D eigenvalue weighted by Gasteiger charge is -2.14. The average molecular weight is 321 g/mol. The summed E-state index contributed by atoms with van der Waals surface area (Å²) in [5, 5.41) is 2.39. The monoisotopic (exact) mass is 321 g/mol. The van der Waals surface area contributed by atoms with Gasteiger partial charge in [-0.2, -0.15) is 0 Å². The van der Waals surface area contributed by atoms with Gasteiger partial charge in [-0.3, -0.25) is 4.79 Å². The summed E-state index contributed by atoms with van der Waals surface area (Å²) in [6.07, 6.45) is -4.84. The topological polar surface area (TPSA) is 38.3 Å². The highest BCUT2D eigenvalue weighted by atomic mass is 19.4. The summed E-state index contributed by atoms with van der Waals surface area (Å²) < 4.78 is 41.0. The van der Waals surface area contributed by atoms with Crippen LogP contribution in [0.4, 0.5) is 18.9 Å². The Morgan fingerprint density at radius 2 is 1.83 bits per heavy atom. The van der Waals surface area contributed by atoms with E-state index in [4.69, 9.17) is 0 Å². The van der Waals surface area contributed by atoms with E-state index in [-0.39, 0.29) is 11.3 Å². The molecule has 0 atom stereocenters. The number of alkyl halides is 3. The summed E-state index contributed by atoms with van der Waals surface area (Å²) >= 11 is 0. The van der Waals surface area contributed by atoms with Gasteiger partial charge in [-0.25, -0.2) is 0 Å². The van der Waals surface area contributed by atoms with Crippen molar-refractivity contribution in [2.75, 3.05) is 5.32 Å². The number of halogens is 3. The Hall–Kier alpha value is -2.76. The van der Waals surface area contributed by atoms with Gasteiger partial charge in [0, 0.05) is 5.57 Å². The number of carbonyl (C=O) groups is 1. The number of rotatable bonds is 4. The molecule has 0 bridgehead atoms. The third-order valence-corrected chi connectivity index (χ3v) is 3.00. The van der Waals surface area contributed by atoms with E-state index in [2.05, 4.69) is 16.6 Å². The zero-order chi connectivity index (χ0) is 17.0. The molecule has 0 saturated carbocycles. The van der Waals surface area contributed by atoms with Gasteiger partial charge < -0.3 is 10.1 Å². The van der Waals surface area contributed by atoms with Crippen LogP contribution in [0.15, 0.2) is 55.1 Å². The Labute approximate surface area is 131 Å². The van der Waals surface area contributed by atoms with Crippen molar-refractivity contribution in [3.05, 3.63) is 66.2 Å². The molecule has 6 heteroatoms. The molecule has 2 aromatic carbocycles. The molecule has 2 rings (SSSR count). The zero-order valence-electron chi connectivity index (χ0n) is 12.3. The van der Waals surface area contributed by atoms with Gasteiger partial charge in [-0.15, -0.1) is 13.2 Å². The van der Waals surface area contributed by atoms with Crippen molar-refractivity contribution in [3.8, 4) is 5.75 Å². The van der Waals surface area contributed by atoms with Crippen molar-refractivity contribution in [1.29, 1.82) is 0 Å². The number of nitrogens with one attached hydrogen (secondary N) is 1. The van der Waals surface area contributed by atoms with Gasteiger partial charge in [0.2, 0.25) is 0 Å². The summed E-state index contributed by atoms with van der Waals surface area (Å²) in [5.74, 6) is -1.08. The average Bonchev–Trinajstić information content (AvgIpc) is 2.47. The Morgan fingerprint density at radius 1 is 1.13 bits per heavy atom. The molecule has 120 valence electrons. The molecule has 0 aliphatic carbocycles. The molecule has 0 aliphatic rings. The van der Waals surface area contributed by atoms with E-state index in [0.29, 0.717) is 5.56 Å². The molecule has 23 heavy (non-hydrogen) atoms. The van der Waals surface area contributed by atoms with E-state index in [1.165, 1.54) is 18.2 Å². The minimum Gasteiger partial charge on any atom is -0.404 e. The molecule has 0 saturated heterocycles. The number of amides is 1. The number of hydrogen-bond acceptors (Lipinski definition) is 2. The third-order valence-electron chi connectivity index (χ3n) is 3.00. The van der Waals surface area contributed by atoms with Gasteiger partial charge >= 0.3 is 6.36 Å². The highest BCUT2D eigenvalue weighted by Gasteiger charge is 2.32. The third kappa shape index (κ3) is 4.60. The maximum Gasteiger partial charge on any atom is 0.573 e. The van der Waals surface area contributed by atoms with Crippen molar-refractivity contribution in [3.63, 3.8) is 0 Å². The van der Waals surface area contributed by atoms with E-state index in [1.807, 2.05) is 13.0 Å². The lowest BCUT2D eigenvalue weighted by Crippen LogP contribution is -2.19. The quantitative estimate of drug-likeness (QED) is 0.839. The first kappa shape index (κ1) is 16.6. The number of para-hydroxylation sites is 2. The van der Waals surface area contributed by atoms with Crippen LogP contribution < -0.4 is 10.1 Å². The van der Waals surface area contributed by atoms with Gasteiger partial charge in [0.05, 0.1) is 5.69 Å². The van der Waals surface area contributed by atoms with Crippen LogP contribution in [0.2, 0.25) is 0 Å². The fraction of sp³-hybridized carbons (Fsp3) is 0.118. The number of ether oxygens (including phenoxy) is 1. The van der Waals surface area contributed by atoms with Gasteiger partial charge in [-0.1, -0.05) is 48.5 Å². The van der Waals surface area contributed by atoms with Crippen LogP contribution in [0, 0.1) is 6.92 Å². The summed E-state index contributed by atoms with van der Waals surface area (Å²) in [6.45, 7) is 5.55. The summed E-state index contributed by atoms with van der Waals surface area (Å²) in [4.78, 5) is 12.2. The van der Waals surface area contributed by atoms with Crippen LogP contribution in [0.1, 0.15) is 11.1 Å². The van der Waals surface area contributed by atoms with Gasteiger partial charge in [-0.05, 0) is 24.6 Å². The molecule has 0 fully saturated rings. The molecule has 3 nitrogen and oxygen atoms in total. The van der Waals surface area contributed by atoms with Crippen LogP contribution in [-0.2, 0) is 4.79 Å². The first-order chi connectivity index (χ1) is 10.8. The van der Waals surface area contributed by atoms with E-state index >= 15 is 0 Å². The lowest BCUT2D eigenvalue weighted by atomic mass is 10.0. The largest absolute Gasteiger partial charge is 0.573 e. The van der Waals surface area contributed by atoms with E-state index in [1.54, 1.807) is 18.2 Å².